The van der Waals surface area contributed by atoms with E-state index < -0.39 is 5.97 Å². The van der Waals surface area contributed by atoms with Crippen molar-refractivity contribution in [3.63, 3.8) is 0 Å². The SMILES string of the molecule is O=C(CCC(=O)N1CCC(c2ccccc2)=N1)OCc1ccc(F)cc1. The minimum Gasteiger partial charge on any atom is -0.461 e. The number of hydrogen-bond acceptors (Lipinski definition) is 4. The number of esters is 1. The number of carbonyl (C=O) groups excluding carboxylic acids is 2. The lowest BCUT2D eigenvalue weighted by atomic mass is 10.1. The maximum Gasteiger partial charge on any atom is 0.306 e. The Hall–Kier alpha value is -3.02. The average molecular weight is 354 g/mol. The van der Waals surface area contributed by atoms with Crippen LogP contribution in [0.4, 0.5) is 4.39 Å². The summed E-state index contributed by atoms with van der Waals surface area (Å²) in [4.78, 5) is 24.0. The van der Waals surface area contributed by atoms with E-state index in [0.717, 1.165) is 11.3 Å². The second-order valence-electron chi connectivity index (χ2n) is 5.97. The van der Waals surface area contributed by atoms with Crippen LogP contribution < -0.4 is 0 Å². The Balaban J connectivity index is 1.44. The van der Waals surface area contributed by atoms with Gasteiger partial charge in [0.2, 0.25) is 5.91 Å². The highest BCUT2D eigenvalue weighted by Gasteiger charge is 2.22. The fourth-order valence-corrected chi connectivity index (χ4v) is 2.63. The van der Waals surface area contributed by atoms with Crippen LogP contribution in [0.2, 0.25) is 0 Å². The van der Waals surface area contributed by atoms with E-state index in [1.807, 2.05) is 30.3 Å². The lowest BCUT2D eigenvalue weighted by Crippen LogP contribution is -2.24. The second kappa shape index (κ2) is 8.38. The first-order valence-corrected chi connectivity index (χ1v) is 8.45. The van der Waals surface area contributed by atoms with E-state index in [4.69, 9.17) is 4.74 Å². The Bertz CT molecular complexity index is 804. The number of hydrazone groups is 1. The lowest BCUT2D eigenvalue weighted by Gasteiger charge is -2.11. The highest BCUT2D eigenvalue weighted by atomic mass is 19.1. The first kappa shape index (κ1) is 17.8. The fraction of sp³-hybridized carbons (Fsp3) is 0.250. The van der Waals surface area contributed by atoms with Gasteiger partial charge >= 0.3 is 5.97 Å². The second-order valence-corrected chi connectivity index (χ2v) is 5.97. The number of carbonyl (C=O) groups is 2. The summed E-state index contributed by atoms with van der Waals surface area (Å²) < 4.78 is 17.9. The van der Waals surface area contributed by atoms with Crippen molar-refractivity contribution in [3.05, 3.63) is 71.5 Å². The zero-order valence-electron chi connectivity index (χ0n) is 14.2. The molecule has 1 heterocycles. The maximum absolute atomic E-state index is 12.8. The smallest absolute Gasteiger partial charge is 0.306 e. The standard InChI is InChI=1S/C20H19FN2O3/c21-17-8-6-15(7-9-17)14-26-20(25)11-10-19(24)23-13-12-18(22-23)16-4-2-1-3-5-16/h1-9H,10-14H2. The van der Waals surface area contributed by atoms with Crippen molar-refractivity contribution >= 4 is 17.6 Å². The average Bonchev–Trinajstić information content (AvgIpc) is 3.17. The number of amides is 1. The van der Waals surface area contributed by atoms with Crippen molar-refractivity contribution in [2.75, 3.05) is 6.54 Å². The van der Waals surface area contributed by atoms with Gasteiger partial charge in [-0.1, -0.05) is 42.5 Å². The van der Waals surface area contributed by atoms with Gasteiger partial charge in [-0.15, -0.1) is 0 Å². The normalized spacial score (nSPS) is 13.4. The number of nitrogens with zero attached hydrogens (tertiary/aromatic N) is 2. The van der Waals surface area contributed by atoms with Gasteiger partial charge < -0.3 is 4.74 Å². The molecule has 3 rings (SSSR count). The van der Waals surface area contributed by atoms with Gasteiger partial charge in [-0.2, -0.15) is 5.10 Å². The number of halogens is 1. The van der Waals surface area contributed by atoms with Gasteiger partial charge in [0.15, 0.2) is 0 Å². The van der Waals surface area contributed by atoms with E-state index in [1.165, 1.54) is 17.1 Å². The topological polar surface area (TPSA) is 59.0 Å². The Labute approximate surface area is 151 Å². The van der Waals surface area contributed by atoms with Gasteiger partial charge in [-0.05, 0) is 23.3 Å². The van der Waals surface area contributed by atoms with Crippen LogP contribution in [0.3, 0.4) is 0 Å². The molecule has 0 unspecified atom stereocenters. The summed E-state index contributed by atoms with van der Waals surface area (Å²) in [5.74, 6) is -1.00. The summed E-state index contributed by atoms with van der Waals surface area (Å²) in [6, 6.07) is 15.4. The minimum absolute atomic E-state index is 0.00722. The molecule has 0 aromatic heterocycles. The number of benzene rings is 2. The molecule has 0 fully saturated rings. The molecule has 2 aromatic rings. The molecule has 0 N–H and O–H groups in total. The highest BCUT2D eigenvalue weighted by Crippen LogP contribution is 2.15. The van der Waals surface area contributed by atoms with Crippen molar-refractivity contribution in [1.82, 2.24) is 5.01 Å². The Morgan fingerprint density at radius 3 is 2.50 bits per heavy atom. The third-order valence-corrected chi connectivity index (χ3v) is 4.05. The van der Waals surface area contributed by atoms with Gasteiger partial charge in [0.05, 0.1) is 18.7 Å². The van der Waals surface area contributed by atoms with E-state index in [-0.39, 0.29) is 31.2 Å². The van der Waals surface area contributed by atoms with Gasteiger partial charge in [0, 0.05) is 12.8 Å². The van der Waals surface area contributed by atoms with Crippen molar-refractivity contribution in [2.45, 2.75) is 25.9 Å². The Morgan fingerprint density at radius 1 is 1.04 bits per heavy atom. The number of ether oxygens (including phenoxy) is 1. The van der Waals surface area contributed by atoms with Gasteiger partial charge in [-0.25, -0.2) is 9.40 Å². The van der Waals surface area contributed by atoms with Gasteiger partial charge in [0.1, 0.15) is 12.4 Å². The molecule has 0 saturated carbocycles. The zero-order valence-corrected chi connectivity index (χ0v) is 14.2. The molecule has 6 heteroatoms. The van der Waals surface area contributed by atoms with Crippen molar-refractivity contribution in [2.24, 2.45) is 5.10 Å². The molecule has 0 radical (unpaired) electrons. The third kappa shape index (κ3) is 4.75. The molecule has 0 spiro atoms. The number of hydrogen-bond donors (Lipinski definition) is 0. The number of rotatable bonds is 6. The van der Waals surface area contributed by atoms with Crippen LogP contribution in [0, 0.1) is 5.82 Å². The van der Waals surface area contributed by atoms with E-state index >= 15 is 0 Å². The first-order valence-electron chi connectivity index (χ1n) is 8.45. The highest BCUT2D eigenvalue weighted by molar-refractivity contribution is 6.02. The monoisotopic (exact) mass is 354 g/mol. The van der Waals surface area contributed by atoms with Crippen molar-refractivity contribution in [3.8, 4) is 0 Å². The van der Waals surface area contributed by atoms with E-state index in [0.29, 0.717) is 18.5 Å². The molecule has 0 aliphatic carbocycles. The third-order valence-electron chi connectivity index (χ3n) is 4.05. The van der Waals surface area contributed by atoms with Crippen LogP contribution in [-0.2, 0) is 20.9 Å². The summed E-state index contributed by atoms with van der Waals surface area (Å²) in [6.07, 6.45) is 0.741. The molecular formula is C20H19FN2O3. The molecule has 0 bridgehead atoms. The summed E-state index contributed by atoms with van der Waals surface area (Å²) >= 11 is 0. The fourth-order valence-electron chi connectivity index (χ4n) is 2.63. The van der Waals surface area contributed by atoms with Crippen LogP contribution in [0.25, 0.3) is 0 Å². The molecule has 0 saturated heterocycles. The maximum atomic E-state index is 12.8. The van der Waals surface area contributed by atoms with Gasteiger partial charge in [-0.3, -0.25) is 9.59 Å². The lowest BCUT2D eigenvalue weighted by molar-refractivity contribution is -0.147. The predicted octanol–water partition coefficient (Wildman–Crippen LogP) is 3.29. The van der Waals surface area contributed by atoms with E-state index in [2.05, 4.69) is 5.10 Å². The van der Waals surface area contributed by atoms with Crippen LogP contribution in [0.1, 0.15) is 30.4 Å². The summed E-state index contributed by atoms with van der Waals surface area (Å²) in [5, 5.41) is 5.76. The predicted molar refractivity (Wildman–Crippen MR) is 94.7 cm³/mol. The zero-order chi connectivity index (χ0) is 18.4. The largest absolute Gasteiger partial charge is 0.461 e. The molecule has 26 heavy (non-hydrogen) atoms. The summed E-state index contributed by atoms with van der Waals surface area (Å²) in [5.41, 5.74) is 2.57. The van der Waals surface area contributed by atoms with Crippen molar-refractivity contribution in [1.29, 1.82) is 0 Å². The van der Waals surface area contributed by atoms with Crippen LogP contribution in [-0.4, -0.2) is 29.1 Å². The molecular weight excluding hydrogens is 335 g/mol. The van der Waals surface area contributed by atoms with Gasteiger partial charge in [0.25, 0.3) is 0 Å². The summed E-state index contributed by atoms with van der Waals surface area (Å²) in [6.45, 7) is 0.584. The molecule has 1 aliphatic rings. The van der Waals surface area contributed by atoms with Crippen molar-refractivity contribution < 1.29 is 18.7 Å². The molecule has 134 valence electrons. The van der Waals surface area contributed by atoms with Crippen LogP contribution >= 0.6 is 0 Å². The van der Waals surface area contributed by atoms with E-state index in [9.17, 15) is 14.0 Å². The first-order chi connectivity index (χ1) is 12.6. The van der Waals surface area contributed by atoms with Crippen LogP contribution in [0.5, 0.6) is 0 Å². The molecule has 1 amide bonds. The van der Waals surface area contributed by atoms with Crippen LogP contribution in [0.15, 0.2) is 59.7 Å². The quantitative estimate of drug-likeness (QED) is 0.748. The Kier molecular flexibility index (Phi) is 5.73. The summed E-state index contributed by atoms with van der Waals surface area (Å²) in [7, 11) is 0. The minimum atomic E-state index is -0.464. The molecule has 5 nitrogen and oxygen atoms in total. The molecule has 2 aromatic carbocycles. The molecule has 0 atom stereocenters. The van der Waals surface area contributed by atoms with E-state index in [1.54, 1.807) is 12.1 Å². The Morgan fingerprint density at radius 2 is 1.77 bits per heavy atom. The molecule has 1 aliphatic heterocycles.